The SMILES string of the molecule is CN(C)C(=O)c1sc2nc([C@@H]3CCCN3C(=O)OC(C)(C)C)ccc2c1N. The Morgan fingerprint density at radius 2 is 2.04 bits per heavy atom. The molecule has 0 bridgehead atoms. The van der Waals surface area contributed by atoms with Crippen LogP contribution in [-0.2, 0) is 4.74 Å². The van der Waals surface area contributed by atoms with E-state index >= 15 is 0 Å². The van der Waals surface area contributed by atoms with Crippen molar-refractivity contribution in [3.8, 4) is 0 Å². The van der Waals surface area contributed by atoms with Crippen LogP contribution in [0.1, 0.15) is 55.0 Å². The second-order valence-electron chi connectivity index (χ2n) is 7.97. The van der Waals surface area contributed by atoms with E-state index in [0.29, 0.717) is 21.9 Å². The maximum Gasteiger partial charge on any atom is 0.410 e. The molecule has 7 nitrogen and oxygen atoms in total. The van der Waals surface area contributed by atoms with Crippen molar-refractivity contribution < 1.29 is 14.3 Å². The first-order chi connectivity index (χ1) is 12.6. The lowest BCUT2D eigenvalue weighted by atomic mass is 10.1. The number of anilines is 1. The van der Waals surface area contributed by atoms with Crippen LogP contribution in [0.5, 0.6) is 0 Å². The van der Waals surface area contributed by atoms with E-state index in [1.807, 2.05) is 32.9 Å². The number of hydrogen-bond acceptors (Lipinski definition) is 6. The zero-order chi connectivity index (χ0) is 19.9. The van der Waals surface area contributed by atoms with E-state index < -0.39 is 5.60 Å². The van der Waals surface area contributed by atoms with Gasteiger partial charge in [0.25, 0.3) is 5.91 Å². The maximum atomic E-state index is 12.5. The zero-order valence-electron chi connectivity index (χ0n) is 16.4. The second kappa shape index (κ2) is 6.99. The van der Waals surface area contributed by atoms with Gasteiger partial charge in [-0.1, -0.05) is 0 Å². The summed E-state index contributed by atoms with van der Waals surface area (Å²) in [6, 6.07) is 3.66. The fraction of sp³-hybridized carbons (Fsp3) is 0.526. The van der Waals surface area contributed by atoms with Gasteiger partial charge in [0.1, 0.15) is 15.3 Å². The van der Waals surface area contributed by atoms with Gasteiger partial charge in [0.2, 0.25) is 0 Å². The molecule has 1 fully saturated rings. The molecule has 2 N–H and O–H groups in total. The van der Waals surface area contributed by atoms with E-state index in [0.717, 1.165) is 23.9 Å². The maximum absolute atomic E-state index is 12.5. The number of nitrogen functional groups attached to an aromatic ring is 1. The van der Waals surface area contributed by atoms with Crippen LogP contribution in [0.4, 0.5) is 10.5 Å². The smallest absolute Gasteiger partial charge is 0.410 e. The molecular weight excluding hydrogens is 364 g/mol. The summed E-state index contributed by atoms with van der Waals surface area (Å²) < 4.78 is 5.53. The fourth-order valence-corrected chi connectivity index (χ4v) is 4.29. The molecule has 0 aromatic carbocycles. The van der Waals surface area contributed by atoms with E-state index in [1.165, 1.54) is 16.2 Å². The van der Waals surface area contributed by atoms with Crippen LogP contribution in [0, 0.1) is 0 Å². The van der Waals surface area contributed by atoms with Crippen LogP contribution in [0.2, 0.25) is 0 Å². The van der Waals surface area contributed by atoms with Crippen LogP contribution in [0.15, 0.2) is 12.1 Å². The highest BCUT2D eigenvalue weighted by Gasteiger charge is 2.34. The highest BCUT2D eigenvalue weighted by molar-refractivity contribution is 7.21. The molecule has 0 aliphatic carbocycles. The first-order valence-corrected chi connectivity index (χ1v) is 9.80. The lowest BCUT2D eigenvalue weighted by Gasteiger charge is -2.28. The number of nitrogens with two attached hydrogens (primary N) is 1. The van der Waals surface area contributed by atoms with Crippen molar-refractivity contribution in [1.82, 2.24) is 14.8 Å². The minimum absolute atomic E-state index is 0.124. The van der Waals surface area contributed by atoms with Gasteiger partial charge in [0.05, 0.1) is 17.4 Å². The average molecular weight is 391 g/mol. The molecule has 1 atom stereocenters. The van der Waals surface area contributed by atoms with Gasteiger partial charge in [-0.15, -0.1) is 11.3 Å². The monoisotopic (exact) mass is 390 g/mol. The third-order valence-electron chi connectivity index (χ3n) is 4.44. The summed E-state index contributed by atoms with van der Waals surface area (Å²) in [5, 5.41) is 0.774. The van der Waals surface area contributed by atoms with Gasteiger partial charge in [0, 0.05) is 26.0 Å². The molecule has 3 rings (SSSR count). The number of thiophene rings is 1. The third kappa shape index (κ3) is 3.85. The molecule has 1 aliphatic rings. The number of rotatable bonds is 2. The van der Waals surface area contributed by atoms with E-state index in [2.05, 4.69) is 0 Å². The molecular formula is C19H26N4O3S. The van der Waals surface area contributed by atoms with Crippen LogP contribution in [0.25, 0.3) is 10.2 Å². The number of ether oxygens (including phenoxy) is 1. The lowest BCUT2D eigenvalue weighted by Crippen LogP contribution is -2.36. The van der Waals surface area contributed by atoms with Crippen molar-refractivity contribution in [2.75, 3.05) is 26.4 Å². The van der Waals surface area contributed by atoms with E-state index in [-0.39, 0.29) is 18.0 Å². The summed E-state index contributed by atoms with van der Waals surface area (Å²) in [5.74, 6) is -0.131. The second-order valence-corrected chi connectivity index (χ2v) is 8.96. The Morgan fingerprint density at radius 3 is 2.67 bits per heavy atom. The Kier molecular flexibility index (Phi) is 5.03. The molecule has 3 heterocycles. The first kappa shape index (κ1) is 19.4. The Hall–Kier alpha value is -2.35. The number of carbonyl (C=O) groups is 2. The van der Waals surface area contributed by atoms with Crippen molar-refractivity contribution >= 4 is 39.2 Å². The fourth-order valence-electron chi connectivity index (χ4n) is 3.17. The Bertz CT molecular complexity index is 885. The molecule has 1 saturated heterocycles. The number of hydrogen-bond donors (Lipinski definition) is 1. The van der Waals surface area contributed by atoms with E-state index in [9.17, 15) is 9.59 Å². The molecule has 0 spiro atoms. The van der Waals surface area contributed by atoms with Gasteiger partial charge in [-0.2, -0.15) is 0 Å². The number of aromatic nitrogens is 1. The molecule has 0 saturated carbocycles. The van der Waals surface area contributed by atoms with Crippen molar-refractivity contribution in [3.05, 3.63) is 22.7 Å². The standard InChI is InChI=1S/C19H26N4O3S/c1-19(2,3)26-18(25)23-10-6-7-13(23)12-9-8-11-14(20)15(17(24)22(4)5)27-16(11)21-12/h8-9,13H,6-7,10,20H2,1-5H3/t13-/m0/s1. The third-order valence-corrected chi connectivity index (χ3v) is 5.54. The van der Waals surface area contributed by atoms with Gasteiger partial charge in [-0.05, 0) is 45.7 Å². The van der Waals surface area contributed by atoms with Gasteiger partial charge >= 0.3 is 6.09 Å². The minimum atomic E-state index is -0.536. The summed E-state index contributed by atoms with van der Waals surface area (Å²) in [4.78, 5) is 34.0. The van der Waals surface area contributed by atoms with Gasteiger partial charge < -0.3 is 15.4 Å². The number of fused-ring (bicyclic) bond motifs is 1. The molecule has 1 aliphatic heterocycles. The summed E-state index contributed by atoms with van der Waals surface area (Å²) in [5.41, 5.74) is 6.89. The Balaban J connectivity index is 1.92. The summed E-state index contributed by atoms with van der Waals surface area (Å²) >= 11 is 1.29. The number of pyridine rings is 1. The highest BCUT2D eigenvalue weighted by atomic mass is 32.1. The van der Waals surface area contributed by atoms with Crippen LogP contribution in [-0.4, -0.2) is 53.0 Å². The number of carbonyl (C=O) groups excluding carboxylic acids is 2. The van der Waals surface area contributed by atoms with E-state index in [4.69, 9.17) is 15.5 Å². The topological polar surface area (TPSA) is 88.8 Å². The van der Waals surface area contributed by atoms with Crippen LogP contribution in [0.3, 0.4) is 0 Å². The normalized spacial score (nSPS) is 17.4. The van der Waals surface area contributed by atoms with Crippen LogP contribution >= 0.6 is 11.3 Å². The van der Waals surface area contributed by atoms with Crippen molar-refractivity contribution in [1.29, 1.82) is 0 Å². The summed E-state index contributed by atoms with van der Waals surface area (Å²) in [6.07, 6.45) is 1.42. The quantitative estimate of drug-likeness (QED) is 0.845. The number of amides is 2. The van der Waals surface area contributed by atoms with Gasteiger partial charge in [-0.25, -0.2) is 9.78 Å². The first-order valence-electron chi connectivity index (χ1n) is 8.98. The Morgan fingerprint density at radius 1 is 1.33 bits per heavy atom. The van der Waals surface area contributed by atoms with Crippen molar-refractivity contribution in [3.63, 3.8) is 0 Å². The zero-order valence-corrected chi connectivity index (χ0v) is 17.2. The predicted octanol–water partition coefficient (Wildman–Crippen LogP) is 3.65. The van der Waals surface area contributed by atoms with Crippen molar-refractivity contribution in [2.45, 2.75) is 45.3 Å². The van der Waals surface area contributed by atoms with E-state index in [1.54, 1.807) is 19.0 Å². The van der Waals surface area contributed by atoms with Gasteiger partial charge in [-0.3, -0.25) is 9.69 Å². The largest absolute Gasteiger partial charge is 0.444 e. The van der Waals surface area contributed by atoms with Crippen molar-refractivity contribution in [2.24, 2.45) is 0 Å². The minimum Gasteiger partial charge on any atom is -0.444 e. The molecule has 0 radical (unpaired) electrons. The lowest BCUT2D eigenvalue weighted by molar-refractivity contribution is 0.0221. The number of likely N-dealkylation sites (tertiary alicyclic amines) is 1. The molecule has 2 aromatic heterocycles. The molecule has 2 amide bonds. The molecule has 8 heteroatoms. The highest BCUT2D eigenvalue weighted by Crippen LogP contribution is 2.37. The molecule has 0 unspecified atom stereocenters. The summed E-state index contributed by atoms with van der Waals surface area (Å²) in [6.45, 7) is 6.23. The predicted molar refractivity (Wildman–Crippen MR) is 107 cm³/mol. The average Bonchev–Trinajstić information content (AvgIpc) is 3.17. The summed E-state index contributed by atoms with van der Waals surface area (Å²) in [7, 11) is 3.39. The molecule has 27 heavy (non-hydrogen) atoms. The molecule has 2 aromatic rings. The number of nitrogens with zero attached hydrogens (tertiary/aromatic N) is 3. The van der Waals surface area contributed by atoms with Crippen LogP contribution < -0.4 is 5.73 Å². The molecule has 146 valence electrons. The Labute approximate surface area is 163 Å². The van der Waals surface area contributed by atoms with Gasteiger partial charge in [0.15, 0.2) is 0 Å².